The maximum atomic E-state index is 13.1. The van der Waals surface area contributed by atoms with Crippen molar-refractivity contribution in [2.75, 3.05) is 5.32 Å². The molecule has 4 rings (SSSR count). The molecule has 4 aromatic rings. The fourth-order valence-corrected chi connectivity index (χ4v) is 2.85. The van der Waals surface area contributed by atoms with Crippen molar-refractivity contribution in [3.8, 4) is 17.4 Å². The molecule has 0 spiro atoms. The lowest BCUT2D eigenvalue weighted by Crippen LogP contribution is -2.18. The minimum absolute atomic E-state index is 0.270. The van der Waals surface area contributed by atoms with Crippen molar-refractivity contribution in [2.45, 2.75) is 6.18 Å². The van der Waals surface area contributed by atoms with Gasteiger partial charge in [0.05, 0.1) is 11.1 Å². The molecule has 0 atom stereocenters. The number of anilines is 1. The minimum Gasteiger partial charge on any atom is -0.438 e. The zero-order valence-electron chi connectivity index (χ0n) is 15.9. The summed E-state index contributed by atoms with van der Waals surface area (Å²) in [4.78, 5) is 12.3. The van der Waals surface area contributed by atoms with Crippen LogP contribution < -0.4 is 10.1 Å². The molecule has 0 aliphatic heterocycles. The minimum atomic E-state index is -4.62. The van der Waals surface area contributed by atoms with Crippen molar-refractivity contribution in [1.82, 2.24) is 14.8 Å². The van der Waals surface area contributed by atoms with Crippen molar-refractivity contribution in [3.63, 3.8) is 0 Å². The number of carbonyl (C=O) groups is 1. The molecule has 0 unspecified atom stereocenters. The topological polar surface area (TPSA) is 69.0 Å². The van der Waals surface area contributed by atoms with Gasteiger partial charge in [-0.2, -0.15) is 13.2 Å². The Morgan fingerprint density at radius 3 is 2.23 bits per heavy atom. The van der Waals surface area contributed by atoms with Crippen LogP contribution in [-0.4, -0.2) is 20.7 Å². The van der Waals surface area contributed by atoms with Crippen LogP contribution in [0.2, 0.25) is 0 Å². The summed E-state index contributed by atoms with van der Waals surface area (Å²) in [5, 5.41) is 10.5. The Balaban J connectivity index is 1.43. The number of carbonyl (C=O) groups excluding carboxylic acids is 1. The zero-order valence-corrected chi connectivity index (χ0v) is 15.9. The molecule has 0 bridgehead atoms. The van der Waals surface area contributed by atoms with Gasteiger partial charge in [0.15, 0.2) is 5.82 Å². The first kappa shape index (κ1) is 20.1. The third-order valence-electron chi connectivity index (χ3n) is 4.31. The van der Waals surface area contributed by atoms with E-state index in [0.717, 1.165) is 12.1 Å². The lowest BCUT2D eigenvalue weighted by molar-refractivity contribution is -0.137. The Morgan fingerprint density at radius 2 is 1.58 bits per heavy atom. The van der Waals surface area contributed by atoms with Crippen LogP contribution in [-0.2, 0) is 6.18 Å². The second kappa shape index (κ2) is 8.31. The molecule has 0 fully saturated rings. The van der Waals surface area contributed by atoms with E-state index in [2.05, 4.69) is 15.5 Å². The predicted molar refractivity (Wildman–Crippen MR) is 107 cm³/mol. The molecule has 31 heavy (non-hydrogen) atoms. The van der Waals surface area contributed by atoms with Gasteiger partial charge in [-0.25, -0.2) is 0 Å². The van der Waals surface area contributed by atoms with E-state index in [1.165, 1.54) is 24.3 Å². The molecule has 6 nitrogen and oxygen atoms in total. The standard InChI is InChI=1S/C22H15F3N4O2/c23-22(24,25)18-6-2-1-5-17(18)21(30)26-15-7-9-16(10-8-15)31-20-12-11-19(27-28-20)29-13-3-4-14-29/h1-14H,(H,26,30). The highest BCUT2D eigenvalue weighted by atomic mass is 19.4. The summed E-state index contributed by atoms with van der Waals surface area (Å²) in [6.45, 7) is 0. The summed E-state index contributed by atoms with van der Waals surface area (Å²) < 4.78 is 46.7. The van der Waals surface area contributed by atoms with Gasteiger partial charge in [-0.15, -0.1) is 10.2 Å². The van der Waals surface area contributed by atoms with Crippen LogP contribution in [0.25, 0.3) is 5.82 Å². The van der Waals surface area contributed by atoms with Gasteiger partial charge in [-0.3, -0.25) is 4.79 Å². The molecule has 2 aromatic carbocycles. The average molecular weight is 424 g/mol. The normalized spacial score (nSPS) is 11.2. The Kier molecular flexibility index (Phi) is 5.40. The number of amides is 1. The van der Waals surface area contributed by atoms with Crippen LogP contribution in [0.15, 0.2) is 85.2 Å². The molecular formula is C22H15F3N4O2. The fourth-order valence-electron chi connectivity index (χ4n) is 2.85. The number of alkyl halides is 3. The molecule has 2 heterocycles. The molecule has 0 saturated heterocycles. The fraction of sp³-hybridized carbons (Fsp3) is 0.0455. The molecule has 0 aliphatic rings. The maximum Gasteiger partial charge on any atom is 0.417 e. The Bertz CT molecular complexity index is 1170. The van der Waals surface area contributed by atoms with Gasteiger partial charge in [0.1, 0.15) is 5.75 Å². The van der Waals surface area contributed by atoms with Gasteiger partial charge in [-0.1, -0.05) is 12.1 Å². The molecule has 2 aromatic heterocycles. The van der Waals surface area contributed by atoms with Gasteiger partial charge >= 0.3 is 6.18 Å². The van der Waals surface area contributed by atoms with Crippen molar-refractivity contribution in [2.24, 2.45) is 0 Å². The summed E-state index contributed by atoms with van der Waals surface area (Å²) in [5.41, 5.74) is -1.12. The lowest BCUT2D eigenvalue weighted by atomic mass is 10.1. The number of nitrogens with zero attached hydrogens (tertiary/aromatic N) is 3. The number of nitrogens with one attached hydrogen (secondary N) is 1. The SMILES string of the molecule is O=C(Nc1ccc(Oc2ccc(-n3cccc3)nn2)cc1)c1ccccc1C(F)(F)F. The number of hydrogen-bond donors (Lipinski definition) is 1. The third-order valence-corrected chi connectivity index (χ3v) is 4.31. The predicted octanol–water partition coefficient (Wildman–Crippen LogP) is 5.33. The molecule has 1 amide bonds. The van der Waals surface area contributed by atoms with Gasteiger partial charge in [0.25, 0.3) is 5.91 Å². The highest BCUT2D eigenvalue weighted by Crippen LogP contribution is 2.32. The summed E-state index contributed by atoms with van der Waals surface area (Å²) in [6, 6.07) is 17.9. The average Bonchev–Trinajstić information content (AvgIpc) is 3.30. The van der Waals surface area contributed by atoms with E-state index in [0.29, 0.717) is 17.3 Å². The van der Waals surface area contributed by atoms with Crippen LogP contribution in [0.4, 0.5) is 18.9 Å². The molecule has 0 radical (unpaired) electrons. The summed E-state index contributed by atoms with van der Waals surface area (Å²) >= 11 is 0. The molecule has 9 heteroatoms. The van der Waals surface area contributed by atoms with Crippen LogP contribution in [0.5, 0.6) is 11.6 Å². The first-order valence-electron chi connectivity index (χ1n) is 9.13. The number of halogens is 3. The number of benzene rings is 2. The van der Waals surface area contributed by atoms with E-state index in [-0.39, 0.29) is 5.88 Å². The van der Waals surface area contributed by atoms with Crippen molar-refractivity contribution in [3.05, 3.63) is 96.3 Å². The van der Waals surface area contributed by atoms with Gasteiger partial charge in [0.2, 0.25) is 5.88 Å². The molecule has 156 valence electrons. The van der Waals surface area contributed by atoms with Crippen molar-refractivity contribution < 1.29 is 22.7 Å². The van der Waals surface area contributed by atoms with E-state index in [4.69, 9.17) is 4.74 Å². The van der Waals surface area contributed by atoms with Gasteiger partial charge < -0.3 is 14.6 Å². The van der Waals surface area contributed by atoms with E-state index in [1.807, 2.05) is 24.5 Å². The molecular weight excluding hydrogens is 409 g/mol. The van der Waals surface area contributed by atoms with Gasteiger partial charge in [-0.05, 0) is 54.6 Å². The Morgan fingerprint density at radius 1 is 0.871 bits per heavy atom. The van der Waals surface area contributed by atoms with Gasteiger partial charge in [0, 0.05) is 24.1 Å². The Hall–Kier alpha value is -4.14. The van der Waals surface area contributed by atoms with Crippen LogP contribution >= 0.6 is 0 Å². The molecule has 0 aliphatic carbocycles. The van der Waals surface area contributed by atoms with E-state index < -0.39 is 23.2 Å². The number of rotatable bonds is 5. The number of aromatic nitrogens is 3. The van der Waals surface area contributed by atoms with E-state index >= 15 is 0 Å². The first-order valence-corrected chi connectivity index (χ1v) is 9.13. The smallest absolute Gasteiger partial charge is 0.417 e. The second-order valence-corrected chi connectivity index (χ2v) is 6.44. The highest BCUT2D eigenvalue weighted by molar-refractivity contribution is 6.05. The zero-order chi connectivity index (χ0) is 21.8. The van der Waals surface area contributed by atoms with Crippen LogP contribution in [0, 0.1) is 0 Å². The number of ether oxygens (including phenoxy) is 1. The lowest BCUT2D eigenvalue weighted by Gasteiger charge is -2.13. The third kappa shape index (κ3) is 4.72. The van der Waals surface area contributed by atoms with E-state index in [1.54, 1.807) is 28.8 Å². The number of hydrogen-bond acceptors (Lipinski definition) is 4. The van der Waals surface area contributed by atoms with Crippen LogP contribution in [0.3, 0.4) is 0 Å². The van der Waals surface area contributed by atoms with Crippen molar-refractivity contribution in [1.29, 1.82) is 0 Å². The maximum absolute atomic E-state index is 13.1. The summed E-state index contributed by atoms with van der Waals surface area (Å²) in [6.07, 6.45) is -0.946. The highest BCUT2D eigenvalue weighted by Gasteiger charge is 2.34. The quantitative estimate of drug-likeness (QED) is 0.470. The second-order valence-electron chi connectivity index (χ2n) is 6.44. The van der Waals surface area contributed by atoms with Crippen LogP contribution in [0.1, 0.15) is 15.9 Å². The molecule has 0 saturated carbocycles. The largest absolute Gasteiger partial charge is 0.438 e. The van der Waals surface area contributed by atoms with E-state index in [9.17, 15) is 18.0 Å². The summed E-state index contributed by atoms with van der Waals surface area (Å²) in [7, 11) is 0. The van der Waals surface area contributed by atoms with Crippen molar-refractivity contribution >= 4 is 11.6 Å². The first-order chi connectivity index (χ1) is 14.9. The molecule has 1 N–H and O–H groups in total. The Labute approximate surface area is 174 Å². The monoisotopic (exact) mass is 424 g/mol. The summed E-state index contributed by atoms with van der Waals surface area (Å²) in [5.74, 6) is 0.478.